The Kier molecular flexibility index (Phi) is 1.59. The predicted molar refractivity (Wildman–Crippen MR) is 54.3 cm³/mol. The normalized spacial score (nSPS) is 58.6. The summed E-state index contributed by atoms with van der Waals surface area (Å²) >= 11 is 0. The molecule has 0 aromatic carbocycles. The van der Waals surface area contributed by atoms with Gasteiger partial charge >= 0.3 is 0 Å². The van der Waals surface area contributed by atoms with E-state index in [1.165, 1.54) is 38.5 Å². The maximum absolute atomic E-state index is 6.28. The lowest BCUT2D eigenvalue weighted by Crippen LogP contribution is -2.56. The van der Waals surface area contributed by atoms with Crippen LogP contribution in [0.5, 0.6) is 0 Å². The molecular formula is C12H21N. The highest BCUT2D eigenvalue weighted by atomic mass is 14.7. The van der Waals surface area contributed by atoms with Gasteiger partial charge in [-0.2, -0.15) is 0 Å². The smallest absolute Gasteiger partial charge is 0.00962 e. The van der Waals surface area contributed by atoms with Crippen molar-refractivity contribution in [3.05, 3.63) is 0 Å². The van der Waals surface area contributed by atoms with E-state index in [2.05, 4.69) is 6.92 Å². The monoisotopic (exact) mass is 179 g/mol. The zero-order chi connectivity index (χ0) is 9.05. The van der Waals surface area contributed by atoms with Crippen LogP contribution >= 0.6 is 0 Å². The van der Waals surface area contributed by atoms with Crippen molar-refractivity contribution in [2.75, 3.05) is 0 Å². The minimum Gasteiger partial charge on any atom is -0.327 e. The molecule has 4 rings (SSSR count). The summed E-state index contributed by atoms with van der Waals surface area (Å²) in [5.74, 6) is 2.84. The Morgan fingerprint density at radius 1 is 1.15 bits per heavy atom. The van der Waals surface area contributed by atoms with Crippen LogP contribution in [0.4, 0.5) is 0 Å². The minimum atomic E-state index is 0.566. The van der Waals surface area contributed by atoms with Crippen molar-refractivity contribution in [3.63, 3.8) is 0 Å². The molecule has 2 unspecified atom stereocenters. The topological polar surface area (TPSA) is 26.0 Å². The summed E-state index contributed by atoms with van der Waals surface area (Å²) in [6.45, 7) is 2.39. The van der Waals surface area contributed by atoms with Gasteiger partial charge in [0.05, 0.1) is 0 Å². The van der Waals surface area contributed by atoms with E-state index >= 15 is 0 Å². The fourth-order valence-electron chi connectivity index (χ4n) is 4.66. The molecule has 4 aliphatic rings. The van der Waals surface area contributed by atoms with E-state index in [0.29, 0.717) is 6.04 Å². The van der Waals surface area contributed by atoms with Gasteiger partial charge in [-0.05, 0) is 55.3 Å². The van der Waals surface area contributed by atoms with Crippen molar-refractivity contribution in [3.8, 4) is 0 Å². The highest BCUT2D eigenvalue weighted by Gasteiger charge is 2.53. The van der Waals surface area contributed by atoms with Gasteiger partial charge in [-0.3, -0.25) is 0 Å². The molecule has 13 heavy (non-hydrogen) atoms. The number of nitrogens with two attached hydrogens (primary N) is 1. The molecule has 0 spiro atoms. The highest BCUT2D eigenvalue weighted by molar-refractivity contribution is 5.05. The first-order chi connectivity index (χ1) is 6.22. The SMILES string of the molecule is CCC12CC3CC(C1)C(N)C(C3)C2. The quantitative estimate of drug-likeness (QED) is 0.657. The summed E-state index contributed by atoms with van der Waals surface area (Å²) in [6, 6.07) is 0.566. The lowest BCUT2D eigenvalue weighted by Gasteiger charge is -2.59. The second-order valence-electron chi connectivity index (χ2n) is 5.90. The number of hydrogen-bond acceptors (Lipinski definition) is 1. The average Bonchev–Trinajstić information content (AvgIpc) is 2.13. The van der Waals surface area contributed by atoms with Gasteiger partial charge in [-0.25, -0.2) is 0 Å². The van der Waals surface area contributed by atoms with Crippen LogP contribution in [0.25, 0.3) is 0 Å². The molecule has 0 aromatic rings. The van der Waals surface area contributed by atoms with E-state index in [0.717, 1.165) is 23.2 Å². The number of hydrogen-bond donors (Lipinski definition) is 1. The third kappa shape index (κ3) is 1.03. The van der Waals surface area contributed by atoms with Crippen molar-refractivity contribution in [1.29, 1.82) is 0 Å². The predicted octanol–water partition coefficient (Wildman–Crippen LogP) is 2.55. The first-order valence-corrected chi connectivity index (χ1v) is 5.98. The van der Waals surface area contributed by atoms with Crippen molar-refractivity contribution in [2.45, 2.75) is 51.5 Å². The van der Waals surface area contributed by atoms with Crippen LogP contribution in [0, 0.1) is 23.2 Å². The molecule has 4 saturated carbocycles. The molecular weight excluding hydrogens is 158 g/mol. The van der Waals surface area contributed by atoms with E-state index in [-0.39, 0.29) is 0 Å². The van der Waals surface area contributed by atoms with Crippen LogP contribution in [0.2, 0.25) is 0 Å². The Balaban J connectivity index is 1.92. The first-order valence-electron chi connectivity index (χ1n) is 5.98. The Labute approximate surface area is 81.1 Å². The third-order valence-corrected chi connectivity index (χ3v) is 5.22. The standard InChI is InChI=1S/C12H21N/c1-2-12-5-8-3-9(6-12)11(13)10(4-8)7-12/h8-11H,2-7,13H2,1H3. The van der Waals surface area contributed by atoms with Crippen LogP contribution in [-0.4, -0.2) is 6.04 Å². The lowest BCUT2D eigenvalue weighted by atomic mass is 9.47. The van der Waals surface area contributed by atoms with Gasteiger partial charge in [0, 0.05) is 6.04 Å². The van der Waals surface area contributed by atoms with Gasteiger partial charge in [0.1, 0.15) is 0 Å². The van der Waals surface area contributed by atoms with Gasteiger partial charge in [-0.15, -0.1) is 0 Å². The third-order valence-electron chi connectivity index (χ3n) is 5.22. The van der Waals surface area contributed by atoms with Crippen LogP contribution in [0.3, 0.4) is 0 Å². The van der Waals surface area contributed by atoms with Crippen LogP contribution in [0.15, 0.2) is 0 Å². The summed E-state index contributed by atoms with van der Waals surface area (Å²) in [7, 11) is 0. The fourth-order valence-corrected chi connectivity index (χ4v) is 4.66. The maximum Gasteiger partial charge on any atom is 0.00962 e. The summed E-state index contributed by atoms with van der Waals surface area (Å²) in [6.07, 6.45) is 8.76. The second kappa shape index (κ2) is 2.50. The zero-order valence-corrected chi connectivity index (χ0v) is 8.63. The molecule has 2 atom stereocenters. The van der Waals surface area contributed by atoms with Gasteiger partial charge in [-0.1, -0.05) is 13.3 Å². The average molecular weight is 179 g/mol. The summed E-state index contributed by atoms with van der Waals surface area (Å²) in [5, 5.41) is 0. The molecule has 0 heterocycles. The van der Waals surface area contributed by atoms with E-state index in [1.807, 2.05) is 0 Å². The van der Waals surface area contributed by atoms with Crippen LogP contribution in [0.1, 0.15) is 45.4 Å². The molecule has 4 fully saturated rings. The Morgan fingerprint density at radius 2 is 1.77 bits per heavy atom. The molecule has 1 nitrogen and oxygen atoms in total. The molecule has 0 aliphatic heterocycles. The van der Waals surface area contributed by atoms with E-state index < -0.39 is 0 Å². The summed E-state index contributed by atoms with van der Waals surface area (Å²) in [5.41, 5.74) is 7.02. The Hall–Kier alpha value is -0.0400. The lowest BCUT2D eigenvalue weighted by molar-refractivity contribution is -0.0684. The molecule has 4 aliphatic carbocycles. The maximum atomic E-state index is 6.28. The molecule has 4 bridgehead atoms. The molecule has 2 N–H and O–H groups in total. The highest BCUT2D eigenvalue weighted by Crippen LogP contribution is 2.60. The largest absolute Gasteiger partial charge is 0.327 e. The van der Waals surface area contributed by atoms with Crippen molar-refractivity contribution < 1.29 is 0 Å². The molecule has 0 radical (unpaired) electrons. The van der Waals surface area contributed by atoms with Gasteiger partial charge in [0.25, 0.3) is 0 Å². The molecule has 0 aromatic heterocycles. The first kappa shape index (κ1) is 8.28. The van der Waals surface area contributed by atoms with Gasteiger partial charge in [0.2, 0.25) is 0 Å². The summed E-state index contributed by atoms with van der Waals surface area (Å²) < 4.78 is 0. The summed E-state index contributed by atoms with van der Waals surface area (Å²) in [4.78, 5) is 0. The van der Waals surface area contributed by atoms with Crippen molar-refractivity contribution in [1.82, 2.24) is 0 Å². The molecule has 0 amide bonds. The van der Waals surface area contributed by atoms with Crippen LogP contribution in [-0.2, 0) is 0 Å². The fraction of sp³-hybridized carbons (Fsp3) is 1.00. The van der Waals surface area contributed by atoms with Crippen LogP contribution < -0.4 is 5.73 Å². The van der Waals surface area contributed by atoms with E-state index in [1.54, 1.807) is 0 Å². The van der Waals surface area contributed by atoms with Gasteiger partial charge in [0.15, 0.2) is 0 Å². The van der Waals surface area contributed by atoms with Crippen molar-refractivity contribution in [2.24, 2.45) is 28.9 Å². The molecule has 1 heteroatoms. The van der Waals surface area contributed by atoms with E-state index in [9.17, 15) is 0 Å². The van der Waals surface area contributed by atoms with Gasteiger partial charge < -0.3 is 5.73 Å². The minimum absolute atomic E-state index is 0.566. The number of rotatable bonds is 1. The second-order valence-corrected chi connectivity index (χ2v) is 5.90. The van der Waals surface area contributed by atoms with Crippen molar-refractivity contribution >= 4 is 0 Å². The Morgan fingerprint density at radius 3 is 2.31 bits per heavy atom. The molecule has 0 saturated heterocycles. The molecule has 74 valence electrons. The zero-order valence-electron chi connectivity index (χ0n) is 8.63. The van der Waals surface area contributed by atoms with E-state index in [4.69, 9.17) is 5.73 Å². The Bertz CT molecular complexity index is 207.